The van der Waals surface area contributed by atoms with E-state index in [1.165, 1.54) is 0 Å². The van der Waals surface area contributed by atoms with Crippen molar-refractivity contribution < 1.29 is 14.4 Å². The van der Waals surface area contributed by atoms with Gasteiger partial charge in [-0.1, -0.05) is 44.5 Å². The van der Waals surface area contributed by atoms with Crippen LogP contribution in [0.4, 0.5) is 0 Å². The predicted molar refractivity (Wildman–Crippen MR) is 101 cm³/mol. The molecular weight excluding hydrogens is 354 g/mol. The molecule has 1 saturated heterocycles. The lowest BCUT2D eigenvalue weighted by molar-refractivity contribution is -0.139. The van der Waals surface area contributed by atoms with Crippen molar-refractivity contribution in [3.63, 3.8) is 0 Å². The summed E-state index contributed by atoms with van der Waals surface area (Å²) in [7, 11) is 0. The second-order valence-corrected chi connectivity index (χ2v) is 7.93. The summed E-state index contributed by atoms with van der Waals surface area (Å²) in [5.41, 5.74) is 0.398. The second-order valence-electron chi connectivity index (χ2n) is 7.50. The summed E-state index contributed by atoms with van der Waals surface area (Å²) in [6, 6.07) is 7.23. The molecule has 0 aliphatic carbocycles. The van der Waals surface area contributed by atoms with E-state index in [9.17, 15) is 14.4 Å². The molecule has 0 saturated carbocycles. The fourth-order valence-electron chi connectivity index (χ4n) is 2.63. The third kappa shape index (κ3) is 5.73. The van der Waals surface area contributed by atoms with Crippen molar-refractivity contribution >= 4 is 29.3 Å². The van der Waals surface area contributed by atoms with Gasteiger partial charge in [-0.3, -0.25) is 14.4 Å². The van der Waals surface area contributed by atoms with Crippen LogP contribution in [0.25, 0.3) is 0 Å². The van der Waals surface area contributed by atoms with E-state index < -0.39 is 5.41 Å². The third-order valence-corrected chi connectivity index (χ3v) is 4.59. The number of hydrogen-bond acceptors (Lipinski definition) is 3. The van der Waals surface area contributed by atoms with Crippen LogP contribution in [0.1, 0.15) is 26.3 Å². The number of carbonyl (C=O) groups is 3. The number of carbonyl (C=O) groups excluding carboxylic acids is 3. The number of benzene rings is 1. The van der Waals surface area contributed by atoms with Gasteiger partial charge in [-0.05, 0) is 17.7 Å². The predicted octanol–water partition coefficient (Wildman–Crippen LogP) is 1.72. The maximum atomic E-state index is 12.4. The van der Waals surface area contributed by atoms with E-state index in [-0.39, 0.29) is 24.3 Å². The van der Waals surface area contributed by atoms with Crippen LogP contribution >= 0.6 is 11.6 Å². The average molecular weight is 380 g/mol. The molecule has 1 aliphatic heterocycles. The van der Waals surface area contributed by atoms with Crippen molar-refractivity contribution in [1.82, 2.24) is 15.1 Å². The maximum absolute atomic E-state index is 12.4. The largest absolute Gasteiger partial charge is 0.347 e. The fourth-order valence-corrected chi connectivity index (χ4v) is 2.75. The Morgan fingerprint density at radius 1 is 0.962 bits per heavy atom. The van der Waals surface area contributed by atoms with Crippen molar-refractivity contribution in [2.75, 3.05) is 32.7 Å². The molecule has 0 unspecified atom stereocenters. The Kier molecular flexibility index (Phi) is 6.64. The van der Waals surface area contributed by atoms with Gasteiger partial charge in [-0.2, -0.15) is 0 Å². The molecule has 6 nitrogen and oxygen atoms in total. The normalized spacial score (nSPS) is 14.9. The van der Waals surface area contributed by atoms with E-state index in [4.69, 9.17) is 11.6 Å². The number of nitrogens with zero attached hydrogens (tertiary/aromatic N) is 2. The van der Waals surface area contributed by atoms with E-state index in [2.05, 4.69) is 5.32 Å². The van der Waals surface area contributed by atoms with E-state index in [1.54, 1.807) is 42.7 Å². The summed E-state index contributed by atoms with van der Waals surface area (Å²) in [5, 5.41) is 3.31. The van der Waals surface area contributed by atoms with Crippen molar-refractivity contribution in [2.45, 2.75) is 27.2 Å². The van der Waals surface area contributed by atoms with E-state index in [1.807, 2.05) is 12.1 Å². The molecule has 1 N–H and O–H groups in total. The lowest BCUT2D eigenvalue weighted by Gasteiger charge is -2.35. The monoisotopic (exact) mass is 379 g/mol. The lowest BCUT2D eigenvalue weighted by Crippen LogP contribution is -2.53. The van der Waals surface area contributed by atoms with Crippen LogP contribution in [-0.4, -0.2) is 60.2 Å². The number of rotatable bonds is 4. The van der Waals surface area contributed by atoms with Crippen LogP contribution in [0.5, 0.6) is 0 Å². The van der Waals surface area contributed by atoms with Gasteiger partial charge in [0.05, 0.1) is 13.0 Å². The summed E-state index contributed by atoms with van der Waals surface area (Å²) in [6.45, 7) is 7.38. The number of piperazine rings is 1. The number of amides is 3. The van der Waals surface area contributed by atoms with Crippen LogP contribution in [-0.2, 0) is 20.8 Å². The zero-order chi connectivity index (χ0) is 19.3. The van der Waals surface area contributed by atoms with Gasteiger partial charge in [-0.15, -0.1) is 0 Å². The SMILES string of the molecule is CC(C)(C)C(=O)NCC(=O)N1CCN(C(=O)Cc2ccc(Cl)cc2)CC1. The van der Waals surface area contributed by atoms with Crippen LogP contribution in [0.15, 0.2) is 24.3 Å². The Bertz CT molecular complexity index is 660. The molecule has 1 heterocycles. The molecule has 1 aliphatic rings. The third-order valence-electron chi connectivity index (χ3n) is 4.34. The smallest absolute Gasteiger partial charge is 0.242 e. The molecular formula is C19H26ClN3O3. The average Bonchev–Trinajstić information content (AvgIpc) is 2.60. The zero-order valence-electron chi connectivity index (χ0n) is 15.5. The molecule has 0 aromatic heterocycles. The molecule has 0 bridgehead atoms. The Hall–Kier alpha value is -2.08. The summed E-state index contributed by atoms with van der Waals surface area (Å²) in [4.78, 5) is 39.9. The lowest BCUT2D eigenvalue weighted by atomic mass is 9.96. The highest BCUT2D eigenvalue weighted by Gasteiger charge is 2.26. The Labute approximate surface area is 159 Å². The number of hydrogen-bond donors (Lipinski definition) is 1. The number of nitrogens with one attached hydrogen (secondary N) is 1. The summed E-state index contributed by atoms with van der Waals surface area (Å²) < 4.78 is 0. The zero-order valence-corrected chi connectivity index (χ0v) is 16.3. The Balaban J connectivity index is 1.77. The molecule has 0 atom stereocenters. The van der Waals surface area contributed by atoms with Crippen molar-refractivity contribution in [3.8, 4) is 0 Å². The van der Waals surface area contributed by atoms with Gasteiger partial charge in [-0.25, -0.2) is 0 Å². The molecule has 1 aromatic carbocycles. The van der Waals surface area contributed by atoms with Gasteiger partial charge in [0.15, 0.2) is 0 Å². The molecule has 0 spiro atoms. The van der Waals surface area contributed by atoms with Crippen LogP contribution < -0.4 is 5.32 Å². The summed E-state index contributed by atoms with van der Waals surface area (Å²) >= 11 is 5.85. The summed E-state index contributed by atoms with van der Waals surface area (Å²) in [6.07, 6.45) is 0.326. The van der Waals surface area contributed by atoms with Crippen molar-refractivity contribution in [3.05, 3.63) is 34.9 Å². The van der Waals surface area contributed by atoms with Crippen LogP contribution in [0.2, 0.25) is 5.02 Å². The van der Waals surface area contributed by atoms with E-state index >= 15 is 0 Å². The number of halogens is 1. The first-order chi connectivity index (χ1) is 12.2. The molecule has 0 radical (unpaired) electrons. The highest BCUT2D eigenvalue weighted by Crippen LogP contribution is 2.13. The molecule has 2 rings (SSSR count). The first kappa shape index (κ1) is 20.2. The molecule has 142 valence electrons. The van der Waals surface area contributed by atoms with Crippen molar-refractivity contribution in [2.24, 2.45) is 5.41 Å². The van der Waals surface area contributed by atoms with Crippen molar-refractivity contribution in [1.29, 1.82) is 0 Å². The topological polar surface area (TPSA) is 69.7 Å². The van der Waals surface area contributed by atoms with Gasteiger partial charge in [0.2, 0.25) is 17.7 Å². The van der Waals surface area contributed by atoms with E-state index in [0.717, 1.165) is 5.56 Å². The minimum atomic E-state index is -0.521. The Morgan fingerprint density at radius 3 is 1.96 bits per heavy atom. The van der Waals surface area contributed by atoms with Gasteiger partial charge in [0.1, 0.15) is 0 Å². The van der Waals surface area contributed by atoms with Crippen LogP contribution in [0, 0.1) is 5.41 Å². The standard InChI is InChI=1S/C19H26ClN3O3/c1-19(2,3)18(26)21-13-17(25)23-10-8-22(9-11-23)16(24)12-14-4-6-15(20)7-5-14/h4-7H,8-13H2,1-3H3,(H,21,26). The van der Waals surface area contributed by atoms with Gasteiger partial charge in [0, 0.05) is 36.6 Å². The minimum absolute atomic E-state index is 0.00513. The van der Waals surface area contributed by atoms with Gasteiger partial charge < -0.3 is 15.1 Å². The van der Waals surface area contributed by atoms with Crippen LogP contribution in [0.3, 0.4) is 0 Å². The molecule has 7 heteroatoms. The fraction of sp³-hybridized carbons (Fsp3) is 0.526. The molecule has 3 amide bonds. The molecule has 26 heavy (non-hydrogen) atoms. The summed E-state index contributed by atoms with van der Waals surface area (Å²) in [5.74, 6) is -0.226. The molecule has 1 aromatic rings. The van der Waals surface area contributed by atoms with Gasteiger partial charge in [0.25, 0.3) is 0 Å². The van der Waals surface area contributed by atoms with E-state index in [0.29, 0.717) is 37.6 Å². The highest BCUT2D eigenvalue weighted by atomic mass is 35.5. The maximum Gasteiger partial charge on any atom is 0.242 e. The Morgan fingerprint density at radius 2 is 1.46 bits per heavy atom. The minimum Gasteiger partial charge on any atom is -0.347 e. The first-order valence-corrected chi connectivity index (χ1v) is 9.13. The van der Waals surface area contributed by atoms with Gasteiger partial charge >= 0.3 is 0 Å². The first-order valence-electron chi connectivity index (χ1n) is 8.75. The second kappa shape index (κ2) is 8.54. The highest BCUT2D eigenvalue weighted by molar-refractivity contribution is 6.30. The molecule has 1 fully saturated rings. The quantitative estimate of drug-likeness (QED) is 0.865.